The molecule has 1 aromatic carbocycles. The number of hydrogen-bond donors (Lipinski definition) is 1. The monoisotopic (exact) mass is 520 g/mol. The number of aromatic hydroxyl groups is 1. The van der Waals surface area contributed by atoms with Gasteiger partial charge in [0.05, 0.1) is 17.8 Å². The second kappa shape index (κ2) is 10.3. The van der Waals surface area contributed by atoms with Crippen LogP contribution in [0.5, 0.6) is 5.75 Å². The Bertz CT molecular complexity index is 1290. The van der Waals surface area contributed by atoms with Gasteiger partial charge in [0.25, 0.3) is 0 Å². The highest BCUT2D eigenvalue weighted by Crippen LogP contribution is 2.44. The molecule has 2 aliphatic carbocycles. The molecule has 2 heterocycles. The van der Waals surface area contributed by atoms with Crippen molar-refractivity contribution in [3.8, 4) is 33.8 Å². The summed E-state index contributed by atoms with van der Waals surface area (Å²) in [6.45, 7) is 6.53. The number of halogens is 1. The molecule has 2 fully saturated rings. The van der Waals surface area contributed by atoms with Gasteiger partial charge in [-0.25, -0.2) is 14.4 Å². The number of benzene rings is 1. The van der Waals surface area contributed by atoms with E-state index in [0.29, 0.717) is 33.5 Å². The number of nitriles is 1. The smallest absolute Gasteiger partial charge is 0.185 e. The largest absolute Gasteiger partial charge is 0.507 e. The minimum absolute atomic E-state index is 0.00498. The SMILES string of the molecule is CC[C@]1(C)CCCC(C)[C@H](F)[C@H](N(c2cnc(-c3ccc(-c4nc(C#N)cs4)cc3O)nn2)C2CC2)C1. The van der Waals surface area contributed by atoms with Crippen molar-refractivity contribution in [1.82, 2.24) is 20.2 Å². The lowest BCUT2D eigenvalue weighted by Gasteiger charge is -2.44. The number of anilines is 1. The van der Waals surface area contributed by atoms with Crippen LogP contribution >= 0.6 is 11.3 Å². The number of thiazole rings is 1. The van der Waals surface area contributed by atoms with Crippen molar-refractivity contribution in [3.05, 3.63) is 35.5 Å². The zero-order chi connectivity index (χ0) is 26.2. The molecule has 1 unspecified atom stereocenters. The van der Waals surface area contributed by atoms with Gasteiger partial charge in [-0.15, -0.1) is 21.5 Å². The van der Waals surface area contributed by atoms with Gasteiger partial charge in [-0.1, -0.05) is 39.7 Å². The molecule has 9 heteroatoms. The van der Waals surface area contributed by atoms with Gasteiger partial charge in [0.1, 0.15) is 23.0 Å². The van der Waals surface area contributed by atoms with Crippen LogP contribution in [-0.4, -0.2) is 43.5 Å². The summed E-state index contributed by atoms with van der Waals surface area (Å²) >= 11 is 1.34. The van der Waals surface area contributed by atoms with Crippen molar-refractivity contribution in [2.24, 2.45) is 11.3 Å². The van der Waals surface area contributed by atoms with Crippen molar-refractivity contribution in [2.45, 2.75) is 84.0 Å². The second-order valence-corrected chi connectivity index (χ2v) is 11.8. The lowest BCUT2D eigenvalue weighted by Crippen LogP contribution is -2.49. The maximum Gasteiger partial charge on any atom is 0.185 e. The Labute approximate surface area is 221 Å². The molecular weight excluding hydrogens is 487 g/mol. The van der Waals surface area contributed by atoms with Crippen LogP contribution in [0, 0.1) is 22.7 Å². The van der Waals surface area contributed by atoms with Gasteiger partial charge in [0.2, 0.25) is 0 Å². The molecule has 7 nitrogen and oxygen atoms in total. The summed E-state index contributed by atoms with van der Waals surface area (Å²) in [6, 6.07) is 7.18. The third kappa shape index (κ3) is 5.30. The first-order chi connectivity index (χ1) is 17.8. The van der Waals surface area contributed by atoms with E-state index in [9.17, 15) is 5.11 Å². The highest BCUT2D eigenvalue weighted by Gasteiger charge is 2.44. The number of rotatable bonds is 6. The summed E-state index contributed by atoms with van der Waals surface area (Å²) in [5, 5.41) is 30.9. The zero-order valence-corrected chi connectivity index (χ0v) is 22.4. The fourth-order valence-corrected chi connectivity index (χ4v) is 6.23. The van der Waals surface area contributed by atoms with Crippen LogP contribution in [0.3, 0.4) is 0 Å². The van der Waals surface area contributed by atoms with E-state index >= 15 is 4.39 Å². The van der Waals surface area contributed by atoms with E-state index in [1.165, 1.54) is 11.3 Å². The number of phenols is 1. The molecule has 4 atom stereocenters. The molecule has 0 bridgehead atoms. The van der Waals surface area contributed by atoms with Gasteiger partial charge in [-0.2, -0.15) is 5.26 Å². The minimum atomic E-state index is -0.933. The quantitative estimate of drug-likeness (QED) is 0.394. The highest BCUT2D eigenvalue weighted by molar-refractivity contribution is 7.13. The first-order valence-corrected chi connectivity index (χ1v) is 14.0. The fraction of sp³-hybridized carbons (Fsp3) is 0.536. The van der Waals surface area contributed by atoms with Gasteiger partial charge in [-0.3, -0.25) is 0 Å². The van der Waals surface area contributed by atoms with Crippen molar-refractivity contribution in [1.29, 1.82) is 5.26 Å². The Balaban J connectivity index is 1.42. The van der Waals surface area contributed by atoms with Crippen molar-refractivity contribution >= 4 is 17.2 Å². The maximum atomic E-state index is 15.9. The molecule has 3 aromatic rings. The van der Waals surface area contributed by atoms with Crippen molar-refractivity contribution in [2.75, 3.05) is 4.90 Å². The summed E-state index contributed by atoms with van der Waals surface area (Å²) in [6.07, 6.45) is 7.71. The van der Waals surface area contributed by atoms with Crippen LogP contribution < -0.4 is 4.90 Å². The number of phenolic OH excluding ortho intramolecular Hbond substituents is 1. The van der Waals surface area contributed by atoms with Gasteiger partial charge in [0, 0.05) is 17.0 Å². The average molecular weight is 521 g/mol. The predicted octanol–water partition coefficient (Wildman–Crippen LogP) is 6.54. The minimum Gasteiger partial charge on any atom is -0.507 e. The summed E-state index contributed by atoms with van der Waals surface area (Å²) in [4.78, 5) is 10.9. The molecule has 0 radical (unpaired) electrons. The Hall–Kier alpha value is -3.12. The Morgan fingerprint density at radius 1 is 1.27 bits per heavy atom. The normalized spacial score (nSPS) is 26.2. The Morgan fingerprint density at radius 3 is 2.70 bits per heavy atom. The molecule has 2 aliphatic rings. The van der Waals surface area contributed by atoms with Gasteiger partial charge in [0.15, 0.2) is 17.3 Å². The lowest BCUT2D eigenvalue weighted by atomic mass is 9.71. The molecule has 2 saturated carbocycles. The first-order valence-electron chi connectivity index (χ1n) is 13.1. The van der Waals surface area contributed by atoms with E-state index in [2.05, 4.69) is 38.9 Å². The molecule has 1 N–H and O–H groups in total. The highest BCUT2D eigenvalue weighted by atomic mass is 32.1. The molecule has 37 heavy (non-hydrogen) atoms. The van der Waals surface area contributed by atoms with E-state index in [-0.39, 0.29) is 29.2 Å². The van der Waals surface area contributed by atoms with Crippen LogP contribution in [0.15, 0.2) is 29.8 Å². The third-order valence-electron chi connectivity index (χ3n) is 8.12. The van der Waals surface area contributed by atoms with Gasteiger partial charge in [-0.05, 0) is 55.6 Å². The number of nitrogens with zero attached hydrogens (tertiary/aromatic N) is 6. The standard InChI is InChI=1S/C28H33FN6OS/c1-4-28(3)11-5-6-17(2)25(29)22(13-28)35(20-8-9-20)24-15-31-26(34-33-24)21-10-7-18(12-23(21)36)27-32-19(14-30)16-37-27/h7,10,12,15-17,20,22,25,36H,4-6,8-9,11,13H2,1-3H3/t17?,22-,25+,28-/m1/s1. The molecule has 2 aromatic heterocycles. The van der Waals surface area contributed by atoms with E-state index < -0.39 is 6.17 Å². The summed E-state index contributed by atoms with van der Waals surface area (Å²) < 4.78 is 15.9. The molecule has 0 amide bonds. The van der Waals surface area contributed by atoms with Crippen LogP contribution in [0.25, 0.3) is 22.0 Å². The number of aromatic nitrogens is 4. The van der Waals surface area contributed by atoms with E-state index in [4.69, 9.17) is 5.26 Å². The third-order valence-corrected chi connectivity index (χ3v) is 9.01. The summed E-state index contributed by atoms with van der Waals surface area (Å²) in [5.74, 6) is 0.927. The van der Waals surface area contributed by atoms with Crippen LogP contribution in [0.2, 0.25) is 0 Å². The zero-order valence-electron chi connectivity index (χ0n) is 21.6. The number of hydrogen-bond acceptors (Lipinski definition) is 8. The fourth-order valence-electron chi connectivity index (χ4n) is 5.48. The van der Waals surface area contributed by atoms with Crippen molar-refractivity contribution in [3.63, 3.8) is 0 Å². The van der Waals surface area contributed by atoms with Crippen LogP contribution in [0.1, 0.15) is 71.4 Å². The van der Waals surface area contributed by atoms with E-state index in [1.807, 2.05) is 19.1 Å². The lowest BCUT2D eigenvalue weighted by molar-refractivity contribution is 0.107. The predicted molar refractivity (Wildman–Crippen MR) is 143 cm³/mol. The molecule has 0 spiro atoms. The molecular formula is C28H33FN6OS. The molecule has 5 rings (SSSR count). The first kappa shape index (κ1) is 25.5. The maximum absolute atomic E-state index is 15.9. The molecule has 0 aliphatic heterocycles. The average Bonchev–Trinajstić information content (AvgIpc) is 3.62. The Kier molecular flexibility index (Phi) is 7.13. The van der Waals surface area contributed by atoms with E-state index in [1.54, 1.807) is 23.7 Å². The number of alkyl halides is 1. The Morgan fingerprint density at radius 2 is 2.08 bits per heavy atom. The van der Waals surface area contributed by atoms with Crippen LogP contribution in [-0.2, 0) is 0 Å². The second-order valence-electron chi connectivity index (χ2n) is 10.9. The van der Waals surface area contributed by atoms with Gasteiger partial charge < -0.3 is 10.0 Å². The van der Waals surface area contributed by atoms with Gasteiger partial charge >= 0.3 is 0 Å². The van der Waals surface area contributed by atoms with Crippen LogP contribution in [0.4, 0.5) is 10.2 Å². The van der Waals surface area contributed by atoms with E-state index in [0.717, 1.165) is 44.9 Å². The molecule has 194 valence electrons. The molecule has 0 saturated heterocycles. The van der Waals surface area contributed by atoms with Crippen molar-refractivity contribution < 1.29 is 9.50 Å². The summed E-state index contributed by atoms with van der Waals surface area (Å²) in [7, 11) is 0. The summed E-state index contributed by atoms with van der Waals surface area (Å²) in [5.41, 5.74) is 1.62. The topological polar surface area (TPSA) is 98.8 Å².